The summed E-state index contributed by atoms with van der Waals surface area (Å²) >= 11 is 0. The molecule has 2 rings (SSSR count). The number of halogens is 2. The van der Waals surface area contributed by atoms with Gasteiger partial charge in [0.1, 0.15) is 5.69 Å². The van der Waals surface area contributed by atoms with E-state index >= 15 is 0 Å². The number of benzene rings is 1. The molecule has 1 heterocycles. The zero-order chi connectivity index (χ0) is 14.2. The summed E-state index contributed by atoms with van der Waals surface area (Å²) in [6.07, 6.45) is 0.709. The van der Waals surface area contributed by atoms with Crippen LogP contribution in [0.5, 0.6) is 0 Å². The second-order valence-corrected chi connectivity index (χ2v) is 4.72. The molecule has 1 aromatic carbocycles. The molecule has 1 aliphatic heterocycles. The van der Waals surface area contributed by atoms with Crippen LogP contribution in [0.15, 0.2) is 12.1 Å². The highest BCUT2D eigenvalue weighted by Crippen LogP contribution is 2.35. The highest BCUT2D eigenvalue weighted by Gasteiger charge is 2.34. The van der Waals surface area contributed by atoms with E-state index in [1.807, 2.05) is 6.92 Å². The molecule has 0 aliphatic carbocycles. The number of nitro benzene ring substituents is 1. The molecule has 1 aliphatic rings. The highest BCUT2D eigenvalue weighted by atomic mass is 19.1. The summed E-state index contributed by atoms with van der Waals surface area (Å²) in [7, 11) is 0. The second-order valence-electron chi connectivity index (χ2n) is 4.72. The van der Waals surface area contributed by atoms with Gasteiger partial charge in [0.15, 0.2) is 11.6 Å². The van der Waals surface area contributed by atoms with Crippen molar-refractivity contribution in [2.24, 2.45) is 5.92 Å². The quantitative estimate of drug-likeness (QED) is 0.675. The van der Waals surface area contributed by atoms with Gasteiger partial charge in [0.05, 0.1) is 29.7 Å². The van der Waals surface area contributed by atoms with Crippen LogP contribution in [0.1, 0.15) is 13.3 Å². The molecule has 104 valence electrons. The maximum absolute atomic E-state index is 13.9. The van der Waals surface area contributed by atoms with E-state index in [4.69, 9.17) is 0 Å². The normalized spacial score (nSPS) is 22.8. The van der Waals surface area contributed by atoms with Crippen molar-refractivity contribution in [2.45, 2.75) is 19.4 Å². The van der Waals surface area contributed by atoms with Gasteiger partial charge in [0.2, 0.25) is 0 Å². The van der Waals surface area contributed by atoms with Crippen LogP contribution >= 0.6 is 0 Å². The number of anilines is 1. The van der Waals surface area contributed by atoms with Crippen LogP contribution in [0, 0.1) is 27.7 Å². The SMILES string of the molecule is CC1CCN(c2c(F)cc([N+](=O)[O-])cc2F)C1CO. The molecule has 0 aromatic heterocycles. The Morgan fingerprint density at radius 2 is 2.05 bits per heavy atom. The molecule has 0 saturated carbocycles. The Bertz CT molecular complexity index is 487. The molecule has 0 bridgehead atoms. The summed E-state index contributed by atoms with van der Waals surface area (Å²) in [6.45, 7) is 2.09. The molecule has 5 nitrogen and oxygen atoms in total. The van der Waals surface area contributed by atoms with E-state index in [0.29, 0.717) is 25.1 Å². The van der Waals surface area contributed by atoms with Gasteiger partial charge in [-0.05, 0) is 12.3 Å². The minimum absolute atomic E-state index is 0.110. The van der Waals surface area contributed by atoms with Crippen LogP contribution in [0.3, 0.4) is 0 Å². The number of rotatable bonds is 3. The van der Waals surface area contributed by atoms with E-state index in [9.17, 15) is 24.0 Å². The summed E-state index contributed by atoms with van der Waals surface area (Å²) in [6, 6.07) is 1.04. The molecular formula is C12H14F2N2O3. The smallest absolute Gasteiger partial charge is 0.275 e. The summed E-state index contributed by atoms with van der Waals surface area (Å²) in [4.78, 5) is 11.1. The highest BCUT2D eigenvalue weighted by molar-refractivity contribution is 5.55. The molecule has 1 saturated heterocycles. The van der Waals surface area contributed by atoms with Crippen LogP contribution in [-0.2, 0) is 0 Å². The largest absolute Gasteiger partial charge is 0.394 e. The number of aliphatic hydroxyl groups is 1. The molecule has 1 N–H and O–H groups in total. The predicted molar refractivity (Wildman–Crippen MR) is 65.0 cm³/mol. The Labute approximate surface area is 108 Å². The van der Waals surface area contributed by atoms with Crippen molar-refractivity contribution < 1.29 is 18.8 Å². The van der Waals surface area contributed by atoms with E-state index in [1.165, 1.54) is 4.90 Å². The Balaban J connectivity index is 2.43. The van der Waals surface area contributed by atoms with Crippen LogP contribution in [0.25, 0.3) is 0 Å². The Morgan fingerprint density at radius 3 is 2.53 bits per heavy atom. The lowest BCUT2D eigenvalue weighted by Gasteiger charge is -2.27. The minimum atomic E-state index is -0.973. The van der Waals surface area contributed by atoms with Gasteiger partial charge in [-0.25, -0.2) is 8.78 Å². The molecule has 7 heteroatoms. The summed E-state index contributed by atoms with van der Waals surface area (Å²) < 4.78 is 27.8. The second kappa shape index (κ2) is 5.08. The summed E-state index contributed by atoms with van der Waals surface area (Å²) in [5.41, 5.74) is -0.916. The lowest BCUT2D eigenvalue weighted by atomic mass is 10.0. The van der Waals surface area contributed by atoms with Crippen molar-refractivity contribution in [3.05, 3.63) is 33.9 Å². The number of nitro groups is 1. The number of aliphatic hydroxyl groups excluding tert-OH is 1. The summed E-state index contributed by atoms with van der Waals surface area (Å²) in [5, 5.41) is 19.8. The maximum atomic E-state index is 13.9. The van der Waals surface area contributed by atoms with Crippen molar-refractivity contribution in [1.82, 2.24) is 0 Å². The molecule has 2 atom stereocenters. The van der Waals surface area contributed by atoms with Crippen LogP contribution in [0.4, 0.5) is 20.2 Å². The van der Waals surface area contributed by atoms with Crippen LogP contribution in [0.2, 0.25) is 0 Å². The zero-order valence-electron chi connectivity index (χ0n) is 10.3. The molecule has 1 aromatic rings. The standard InChI is InChI=1S/C12H14F2N2O3/c1-7-2-3-15(11(7)6-17)12-9(13)4-8(16(18)19)5-10(12)14/h4-5,7,11,17H,2-3,6H2,1H3. The fourth-order valence-corrected chi connectivity index (χ4v) is 2.50. The van der Waals surface area contributed by atoms with Crippen molar-refractivity contribution in [3.63, 3.8) is 0 Å². The lowest BCUT2D eigenvalue weighted by molar-refractivity contribution is -0.385. The van der Waals surface area contributed by atoms with Crippen molar-refractivity contribution in [3.8, 4) is 0 Å². The van der Waals surface area contributed by atoms with Crippen molar-refractivity contribution >= 4 is 11.4 Å². The van der Waals surface area contributed by atoms with Gasteiger partial charge in [0, 0.05) is 6.54 Å². The van der Waals surface area contributed by atoms with Gasteiger partial charge in [-0.2, -0.15) is 0 Å². The number of nitrogens with zero attached hydrogens (tertiary/aromatic N) is 2. The number of hydrogen-bond donors (Lipinski definition) is 1. The molecule has 0 spiro atoms. The van der Waals surface area contributed by atoms with E-state index in [2.05, 4.69) is 0 Å². The fourth-order valence-electron chi connectivity index (χ4n) is 2.50. The first-order valence-electron chi connectivity index (χ1n) is 5.96. The van der Waals surface area contributed by atoms with Gasteiger partial charge in [-0.15, -0.1) is 0 Å². The summed E-state index contributed by atoms with van der Waals surface area (Å²) in [5.74, 6) is -1.84. The first-order chi connectivity index (χ1) is 8.95. The lowest BCUT2D eigenvalue weighted by Crippen LogP contribution is -2.36. The third-order valence-corrected chi connectivity index (χ3v) is 3.57. The number of non-ortho nitro benzene ring substituents is 1. The average molecular weight is 272 g/mol. The van der Waals surface area contributed by atoms with E-state index < -0.39 is 22.2 Å². The molecule has 0 amide bonds. The van der Waals surface area contributed by atoms with E-state index in [0.717, 1.165) is 0 Å². The molecular weight excluding hydrogens is 258 g/mol. The topological polar surface area (TPSA) is 66.6 Å². The van der Waals surface area contributed by atoms with Crippen LogP contribution < -0.4 is 4.90 Å². The maximum Gasteiger partial charge on any atom is 0.275 e. The molecule has 2 unspecified atom stereocenters. The Morgan fingerprint density at radius 1 is 1.47 bits per heavy atom. The third-order valence-electron chi connectivity index (χ3n) is 3.57. The Hall–Kier alpha value is -1.76. The minimum Gasteiger partial charge on any atom is -0.394 e. The fraction of sp³-hybridized carbons (Fsp3) is 0.500. The average Bonchev–Trinajstić information content (AvgIpc) is 2.69. The molecule has 19 heavy (non-hydrogen) atoms. The first-order valence-corrected chi connectivity index (χ1v) is 5.96. The van der Waals surface area contributed by atoms with Gasteiger partial charge in [0.25, 0.3) is 5.69 Å². The van der Waals surface area contributed by atoms with Gasteiger partial charge in [-0.3, -0.25) is 10.1 Å². The van der Waals surface area contributed by atoms with Gasteiger partial charge in [-0.1, -0.05) is 6.92 Å². The number of hydrogen-bond acceptors (Lipinski definition) is 4. The van der Waals surface area contributed by atoms with Crippen LogP contribution in [-0.4, -0.2) is 29.2 Å². The molecule has 1 fully saturated rings. The first kappa shape index (κ1) is 13.7. The van der Waals surface area contributed by atoms with Crippen molar-refractivity contribution in [1.29, 1.82) is 0 Å². The molecule has 0 radical (unpaired) electrons. The van der Waals surface area contributed by atoms with Crippen molar-refractivity contribution in [2.75, 3.05) is 18.1 Å². The Kier molecular flexibility index (Phi) is 3.66. The van der Waals surface area contributed by atoms with E-state index in [-0.39, 0.29) is 24.3 Å². The zero-order valence-corrected chi connectivity index (χ0v) is 10.3. The van der Waals surface area contributed by atoms with Gasteiger partial charge < -0.3 is 10.0 Å². The van der Waals surface area contributed by atoms with Gasteiger partial charge >= 0.3 is 0 Å². The third kappa shape index (κ3) is 2.37. The van der Waals surface area contributed by atoms with E-state index in [1.54, 1.807) is 0 Å². The monoisotopic (exact) mass is 272 g/mol. The predicted octanol–water partition coefficient (Wildman–Crippen LogP) is 2.08.